The zero-order valence-electron chi connectivity index (χ0n) is 4.06. The van der Waals surface area contributed by atoms with Crippen LogP contribution in [0.5, 0.6) is 0 Å². The molecule has 0 aliphatic heterocycles. The molecule has 4 heteroatoms. The number of hydrogen-bond donors (Lipinski definition) is 1. The van der Waals surface area contributed by atoms with E-state index in [0.29, 0.717) is 0 Å². The first-order valence-electron chi connectivity index (χ1n) is 1.95. The van der Waals surface area contributed by atoms with Crippen LogP contribution in [0.3, 0.4) is 0 Å². The minimum absolute atomic E-state index is 0.348. The summed E-state index contributed by atoms with van der Waals surface area (Å²) in [5.41, 5.74) is 0. The van der Waals surface area contributed by atoms with Crippen molar-refractivity contribution in [1.29, 1.82) is 0 Å². The number of carbonyl (C=O) groups is 2. The third-order valence-corrected chi connectivity index (χ3v) is 0.819. The van der Waals surface area contributed by atoms with Gasteiger partial charge in [-0.1, -0.05) is 0 Å². The van der Waals surface area contributed by atoms with Crippen LogP contribution in [-0.2, 0) is 9.59 Å². The maximum atomic E-state index is 10.1. The van der Waals surface area contributed by atoms with Gasteiger partial charge in [-0.3, -0.25) is 9.59 Å². The highest BCUT2D eigenvalue weighted by molar-refractivity contribution is 6.47. The molecule has 0 aromatic carbocycles. The van der Waals surface area contributed by atoms with Gasteiger partial charge in [0.2, 0.25) is 11.6 Å². The van der Waals surface area contributed by atoms with Gasteiger partial charge >= 0.3 is 0 Å². The van der Waals surface area contributed by atoms with Crippen LogP contribution in [0, 0.1) is 0 Å². The van der Waals surface area contributed by atoms with E-state index >= 15 is 0 Å². The van der Waals surface area contributed by atoms with Crippen molar-refractivity contribution in [1.82, 2.24) is 0 Å². The summed E-state index contributed by atoms with van der Waals surface area (Å²) >= 11 is 4.94. The number of hydrogen-bond acceptors (Lipinski definition) is 3. The van der Waals surface area contributed by atoms with Crippen LogP contribution in [0.15, 0.2) is 0 Å². The number of carbonyl (C=O) groups excluding carboxylic acids is 2. The highest BCUT2D eigenvalue weighted by atomic mass is 35.5. The summed E-state index contributed by atoms with van der Waals surface area (Å²) in [5, 5.41) is 8.01. The van der Waals surface area contributed by atoms with Crippen LogP contribution < -0.4 is 0 Å². The molecule has 0 aromatic heterocycles. The molecule has 0 aliphatic carbocycles. The molecular formula is C4H5ClO3. The molecule has 0 amide bonds. The summed E-state index contributed by atoms with van der Waals surface area (Å²) in [7, 11) is 0. The second-order valence-corrected chi connectivity index (χ2v) is 1.41. The third-order valence-electron chi connectivity index (χ3n) is 0.576. The van der Waals surface area contributed by atoms with Gasteiger partial charge in [0.15, 0.2) is 0 Å². The van der Waals surface area contributed by atoms with Crippen molar-refractivity contribution in [2.24, 2.45) is 0 Å². The zero-order valence-corrected chi connectivity index (χ0v) is 4.81. The highest BCUT2D eigenvalue weighted by Crippen LogP contribution is 1.79. The van der Waals surface area contributed by atoms with Gasteiger partial charge in [-0.2, -0.15) is 0 Å². The maximum Gasteiger partial charge on any atom is 0.224 e. The summed E-state index contributed by atoms with van der Waals surface area (Å²) in [6, 6.07) is 0. The largest absolute Gasteiger partial charge is 0.388 e. The van der Waals surface area contributed by atoms with E-state index in [1.807, 2.05) is 0 Å². The normalized spacial score (nSPS) is 8.75. The predicted octanol–water partition coefficient (Wildman–Crippen LogP) is -0.644. The fraction of sp³-hybridized carbons (Fsp3) is 0.500. The molecule has 1 N–H and O–H groups in total. The standard InChI is InChI=1S/C4H5ClO3/c5-1-3(7)4(8)2-6/h6H,1-2H2. The lowest BCUT2D eigenvalue weighted by atomic mass is 10.3. The average molecular weight is 137 g/mol. The smallest absolute Gasteiger partial charge is 0.224 e. The van der Waals surface area contributed by atoms with E-state index in [4.69, 9.17) is 16.7 Å². The molecule has 0 radical (unpaired) electrons. The van der Waals surface area contributed by atoms with Crippen LogP contribution >= 0.6 is 11.6 Å². The number of aliphatic hydroxyl groups excluding tert-OH is 1. The van der Waals surface area contributed by atoms with E-state index in [-0.39, 0.29) is 5.88 Å². The molecule has 0 fully saturated rings. The first kappa shape index (κ1) is 7.59. The van der Waals surface area contributed by atoms with Gasteiger partial charge < -0.3 is 5.11 Å². The van der Waals surface area contributed by atoms with E-state index in [1.165, 1.54) is 0 Å². The molecule has 0 saturated heterocycles. The van der Waals surface area contributed by atoms with Gasteiger partial charge in [0.1, 0.15) is 6.61 Å². The summed E-state index contributed by atoms with van der Waals surface area (Å²) in [4.78, 5) is 20.2. The van der Waals surface area contributed by atoms with Gasteiger partial charge in [0, 0.05) is 0 Å². The maximum absolute atomic E-state index is 10.1. The Morgan fingerprint density at radius 2 is 1.88 bits per heavy atom. The number of halogens is 1. The summed E-state index contributed by atoms with van der Waals surface area (Å²) in [6.45, 7) is -0.744. The lowest BCUT2D eigenvalue weighted by Crippen LogP contribution is -2.18. The molecule has 0 rings (SSSR count). The Bertz CT molecular complexity index is 95.9. The van der Waals surface area contributed by atoms with Gasteiger partial charge in [-0.05, 0) is 0 Å². The first-order valence-corrected chi connectivity index (χ1v) is 2.48. The molecule has 0 aromatic rings. The van der Waals surface area contributed by atoms with E-state index in [2.05, 4.69) is 0 Å². The average Bonchev–Trinajstić information content (AvgIpc) is 1.84. The molecule has 46 valence electrons. The molecule has 0 atom stereocenters. The van der Waals surface area contributed by atoms with E-state index in [9.17, 15) is 9.59 Å². The van der Waals surface area contributed by atoms with Gasteiger partial charge in [0.25, 0.3) is 0 Å². The molecule has 0 heterocycles. The Labute approximate surface area is 51.3 Å². The fourth-order valence-electron chi connectivity index (χ4n) is 0.163. The Kier molecular flexibility index (Phi) is 3.39. The molecule has 0 saturated carbocycles. The number of ketones is 2. The SMILES string of the molecule is O=C(CO)C(=O)CCl. The highest BCUT2D eigenvalue weighted by Gasteiger charge is 2.08. The third kappa shape index (κ3) is 2.04. The molecule has 8 heavy (non-hydrogen) atoms. The zero-order chi connectivity index (χ0) is 6.57. The quantitative estimate of drug-likeness (QED) is 0.415. The second-order valence-electron chi connectivity index (χ2n) is 1.14. The van der Waals surface area contributed by atoms with Crippen LogP contribution in [0.4, 0.5) is 0 Å². The predicted molar refractivity (Wildman–Crippen MR) is 27.8 cm³/mol. The van der Waals surface area contributed by atoms with Crippen molar-refractivity contribution in [3.05, 3.63) is 0 Å². The van der Waals surface area contributed by atoms with Crippen molar-refractivity contribution in [3.63, 3.8) is 0 Å². The van der Waals surface area contributed by atoms with Gasteiger partial charge in [-0.15, -0.1) is 11.6 Å². The van der Waals surface area contributed by atoms with Crippen LogP contribution in [0.1, 0.15) is 0 Å². The van der Waals surface area contributed by atoms with Crippen LogP contribution in [0.25, 0.3) is 0 Å². The molecule has 0 bridgehead atoms. The summed E-state index contributed by atoms with van der Waals surface area (Å²) in [5.74, 6) is -1.92. The minimum Gasteiger partial charge on any atom is -0.388 e. The number of aliphatic hydroxyl groups is 1. The van der Waals surface area contributed by atoms with Crippen molar-refractivity contribution < 1.29 is 14.7 Å². The van der Waals surface area contributed by atoms with Crippen molar-refractivity contribution >= 4 is 23.2 Å². The second kappa shape index (κ2) is 3.57. The van der Waals surface area contributed by atoms with Gasteiger partial charge in [0.05, 0.1) is 5.88 Å². The fourth-order valence-corrected chi connectivity index (χ4v) is 0.312. The monoisotopic (exact) mass is 136 g/mol. The molecular weight excluding hydrogens is 131 g/mol. The number of Topliss-reactive ketones (excluding diaryl/α,β-unsaturated/α-hetero) is 2. The lowest BCUT2D eigenvalue weighted by Gasteiger charge is -1.85. The Morgan fingerprint density at radius 1 is 1.38 bits per heavy atom. The molecule has 0 spiro atoms. The van der Waals surface area contributed by atoms with E-state index in [1.54, 1.807) is 0 Å². The van der Waals surface area contributed by atoms with Crippen molar-refractivity contribution in [2.75, 3.05) is 12.5 Å². The number of rotatable bonds is 3. The summed E-state index contributed by atoms with van der Waals surface area (Å²) in [6.07, 6.45) is 0. The minimum atomic E-state index is -0.833. The Hall–Kier alpha value is -0.410. The van der Waals surface area contributed by atoms with Gasteiger partial charge in [-0.25, -0.2) is 0 Å². The number of alkyl halides is 1. The Balaban J connectivity index is 3.64. The molecule has 0 aliphatic rings. The summed E-state index contributed by atoms with van der Waals surface area (Å²) < 4.78 is 0. The Morgan fingerprint density at radius 3 is 2.00 bits per heavy atom. The van der Waals surface area contributed by atoms with E-state index in [0.717, 1.165) is 0 Å². The molecule has 3 nitrogen and oxygen atoms in total. The lowest BCUT2D eigenvalue weighted by molar-refractivity contribution is -0.136. The van der Waals surface area contributed by atoms with Crippen LogP contribution in [0.2, 0.25) is 0 Å². The topological polar surface area (TPSA) is 54.4 Å². The first-order chi connectivity index (χ1) is 3.72. The van der Waals surface area contributed by atoms with E-state index < -0.39 is 18.2 Å². The van der Waals surface area contributed by atoms with Crippen LogP contribution in [-0.4, -0.2) is 29.2 Å². The van der Waals surface area contributed by atoms with Crippen molar-refractivity contribution in [2.45, 2.75) is 0 Å². The molecule has 0 unspecified atom stereocenters. The van der Waals surface area contributed by atoms with Crippen molar-refractivity contribution in [3.8, 4) is 0 Å².